The van der Waals surface area contributed by atoms with E-state index in [-0.39, 0.29) is 9.92 Å². The smallest absolute Gasteiger partial charge is 0.294 e. The van der Waals surface area contributed by atoms with Crippen LogP contribution in [0.25, 0.3) is 10.8 Å². The molecule has 0 aliphatic heterocycles. The maximum Gasteiger partial charge on any atom is 0.294 e. The van der Waals surface area contributed by atoms with Crippen molar-refractivity contribution in [3.8, 4) is 0 Å². The van der Waals surface area contributed by atoms with Crippen LogP contribution in [-0.2, 0) is 10.1 Å². The lowest BCUT2D eigenvalue weighted by Crippen LogP contribution is -1.98. The molecule has 0 unspecified atom stereocenters. The zero-order valence-corrected chi connectivity index (χ0v) is 9.59. The third-order valence-corrected chi connectivity index (χ3v) is 3.36. The minimum Gasteiger partial charge on any atom is -0.398 e. The molecule has 0 radical (unpaired) electrons. The van der Waals surface area contributed by atoms with E-state index in [9.17, 15) is 8.42 Å². The Morgan fingerprint density at radius 1 is 1.25 bits per heavy atom. The van der Waals surface area contributed by atoms with Gasteiger partial charge in [-0.15, -0.1) is 0 Å². The first-order chi connectivity index (χ1) is 7.39. The Hall–Kier alpha value is -1.30. The van der Waals surface area contributed by atoms with Crippen LogP contribution in [0.3, 0.4) is 0 Å². The van der Waals surface area contributed by atoms with Crippen molar-refractivity contribution in [3.63, 3.8) is 0 Å². The third-order valence-electron chi connectivity index (χ3n) is 2.23. The Kier molecular flexibility index (Phi) is 2.53. The molecule has 3 N–H and O–H groups in total. The lowest BCUT2D eigenvalue weighted by molar-refractivity contribution is 0.483. The highest BCUT2D eigenvalue weighted by molar-refractivity contribution is 7.85. The first kappa shape index (κ1) is 11.2. The van der Waals surface area contributed by atoms with E-state index < -0.39 is 10.1 Å². The van der Waals surface area contributed by atoms with Gasteiger partial charge in [0.1, 0.15) is 0 Å². The summed E-state index contributed by atoms with van der Waals surface area (Å²) in [6.45, 7) is 0. The van der Waals surface area contributed by atoms with Gasteiger partial charge < -0.3 is 5.73 Å². The topological polar surface area (TPSA) is 80.4 Å². The van der Waals surface area contributed by atoms with Gasteiger partial charge in [-0.1, -0.05) is 23.7 Å². The van der Waals surface area contributed by atoms with Crippen molar-refractivity contribution in [3.05, 3.63) is 35.4 Å². The van der Waals surface area contributed by atoms with Gasteiger partial charge in [0.2, 0.25) is 0 Å². The number of anilines is 1. The summed E-state index contributed by atoms with van der Waals surface area (Å²) in [6.07, 6.45) is 0. The van der Waals surface area contributed by atoms with Crippen LogP contribution in [0.15, 0.2) is 35.2 Å². The second-order valence-electron chi connectivity index (χ2n) is 3.33. The molecule has 0 aromatic heterocycles. The van der Waals surface area contributed by atoms with Crippen LogP contribution >= 0.6 is 11.6 Å². The van der Waals surface area contributed by atoms with Crippen LogP contribution in [0, 0.1) is 0 Å². The van der Waals surface area contributed by atoms with Gasteiger partial charge in [-0.05, 0) is 23.6 Å². The van der Waals surface area contributed by atoms with Crippen molar-refractivity contribution in [1.82, 2.24) is 0 Å². The maximum atomic E-state index is 11.0. The van der Waals surface area contributed by atoms with Crippen LogP contribution < -0.4 is 5.73 Å². The Morgan fingerprint density at radius 2 is 1.94 bits per heavy atom. The SMILES string of the molecule is Nc1cccc2cc(S(=O)(=O)O)cc(Cl)c12. The highest BCUT2D eigenvalue weighted by Gasteiger charge is 2.13. The minimum absolute atomic E-state index is 0.197. The van der Waals surface area contributed by atoms with Crippen molar-refractivity contribution in [2.45, 2.75) is 4.90 Å². The zero-order valence-electron chi connectivity index (χ0n) is 8.01. The van der Waals surface area contributed by atoms with E-state index in [1.807, 2.05) is 0 Å². The number of nitrogens with two attached hydrogens (primary N) is 1. The molecule has 0 aliphatic carbocycles. The molecule has 84 valence electrons. The normalized spacial score (nSPS) is 11.9. The third kappa shape index (κ3) is 1.84. The molecular weight excluding hydrogens is 250 g/mol. The van der Waals surface area contributed by atoms with Gasteiger partial charge in [-0.3, -0.25) is 4.55 Å². The molecule has 0 atom stereocenters. The second kappa shape index (κ2) is 3.62. The zero-order chi connectivity index (χ0) is 11.9. The van der Waals surface area contributed by atoms with E-state index in [0.717, 1.165) is 0 Å². The number of halogens is 1. The summed E-state index contributed by atoms with van der Waals surface area (Å²) in [5.74, 6) is 0. The molecule has 2 aromatic carbocycles. The molecule has 0 spiro atoms. The van der Waals surface area contributed by atoms with Gasteiger partial charge in [0, 0.05) is 11.1 Å². The van der Waals surface area contributed by atoms with Crippen molar-refractivity contribution in [2.75, 3.05) is 5.73 Å². The van der Waals surface area contributed by atoms with Gasteiger partial charge in [0.25, 0.3) is 10.1 Å². The number of hydrogen-bond acceptors (Lipinski definition) is 3. The van der Waals surface area contributed by atoms with E-state index in [1.54, 1.807) is 18.2 Å². The van der Waals surface area contributed by atoms with E-state index in [4.69, 9.17) is 21.9 Å². The summed E-state index contributed by atoms with van der Waals surface area (Å²) in [5.41, 5.74) is 6.18. The molecule has 0 amide bonds. The fourth-order valence-electron chi connectivity index (χ4n) is 1.53. The van der Waals surface area contributed by atoms with Gasteiger partial charge in [-0.25, -0.2) is 0 Å². The largest absolute Gasteiger partial charge is 0.398 e. The summed E-state index contributed by atoms with van der Waals surface area (Å²) in [5, 5.41) is 1.35. The van der Waals surface area contributed by atoms with Gasteiger partial charge in [0.05, 0.1) is 9.92 Å². The fraction of sp³-hybridized carbons (Fsp3) is 0. The molecule has 0 bridgehead atoms. The van der Waals surface area contributed by atoms with Crippen LogP contribution in [-0.4, -0.2) is 13.0 Å². The summed E-state index contributed by atoms with van der Waals surface area (Å²) >= 11 is 5.92. The standard InChI is InChI=1S/C10H8ClNO3S/c11-8-5-7(16(13,14)15)4-6-2-1-3-9(12)10(6)8/h1-5H,12H2,(H,13,14,15). The van der Waals surface area contributed by atoms with E-state index in [0.29, 0.717) is 16.5 Å². The van der Waals surface area contributed by atoms with Gasteiger partial charge >= 0.3 is 0 Å². The van der Waals surface area contributed by atoms with Crippen molar-refractivity contribution >= 4 is 38.2 Å². The number of benzene rings is 2. The predicted octanol–water partition coefficient (Wildman–Crippen LogP) is 2.32. The van der Waals surface area contributed by atoms with E-state index in [2.05, 4.69) is 0 Å². The average Bonchev–Trinajstić information content (AvgIpc) is 2.15. The Morgan fingerprint density at radius 3 is 2.56 bits per heavy atom. The fourth-order valence-corrected chi connectivity index (χ4v) is 2.47. The molecule has 0 saturated carbocycles. The molecule has 0 aliphatic rings. The Bertz CT molecular complexity index is 667. The second-order valence-corrected chi connectivity index (χ2v) is 5.15. The lowest BCUT2D eigenvalue weighted by atomic mass is 10.1. The molecular formula is C10H8ClNO3S. The number of nitrogen functional groups attached to an aromatic ring is 1. The minimum atomic E-state index is -4.25. The highest BCUT2D eigenvalue weighted by Crippen LogP contribution is 2.31. The van der Waals surface area contributed by atoms with E-state index >= 15 is 0 Å². The van der Waals surface area contributed by atoms with E-state index in [1.165, 1.54) is 12.1 Å². The van der Waals surface area contributed by atoms with Crippen LogP contribution in [0.5, 0.6) is 0 Å². The van der Waals surface area contributed by atoms with Gasteiger partial charge in [-0.2, -0.15) is 8.42 Å². The average molecular weight is 258 g/mol. The molecule has 0 heterocycles. The number of fused-ring (bicyclic) bond motifs is 1. The van der Waals surface area contributed by atoms with Crippen LogP contribution in [0.1, 0.15) is 0 Å². The van der Waals surface area contributed by atoms with Crippen LogP contribution in [0.4, 0.5) is 5.69 Å². The first-order valence-electron chi connectivity index (χ1n) is 4.35. The van der Waals surface area contributed by atoms with Crippen molar-refractivity contribution in [1.29, 1.82) is 0 Å². The molecule has 6 heteroatoms. The maximum absolute atomic E-state index is 11.0. The summed E-state index contributed by atoms with van der Waals surface area (Å²) in [6, 6.07) is 7.53. The molecule has 0 saturated heterocycles. The quantitative estimate of drug-likeness (QED) is 0.607. The van der Waals surface area contributed by atoms with Crippen molar-refractivity contribution < 1.29 is 13.0 Å². The molecule has 2 aromatic rings. The summed E-state index contributed by atoms with van der Waals surface area (Å²) in [4.78, 5) is -0.240. The van der Waals surface area contributed by atoms with Crippen LogP contribution in [0.2, 0.25) is 5.02 Å². The summed E-state index contributed by atoms with van der Waals surface area (Å²) < 4.78 is 30.9. The monoisotopic (exact) mass is 257 g/mol. The number of hydrogen-bond donors (Lipinski definition) is 2. The predicted molar refractivity (Wildman–Crippen MR) is 63.2 cm³/mol. The molecule has 2 rings (SSSR count). The Balaban J connectivity index is 2.89. The number of rotatable bonds is 1. The molecule has 0 fully saturated rings. The first-order valence-corrected chi connectivity index (χ1v) is 6.16. The molecule has 4 nitrogen and oxygen atoms in total. The lowest BCUT2D eigenvalue weighted by Gasteiger charge is -2.06. The van der Waals surface area contributed by atoms with Gasteiger partial charge in [0.15, 0.2) is 0 Å². The molecule has 16 heavy (non-hydrogen) atoms. The Labute approximate surface area is 97.4 Å². The highest BCUT2D eigenvalue weighted by atomic mass is 35.5. The van der Waals surface area contributed by atoms with Crippen molar-refractivity contribution in [2.24, 2.45) is 0 Å². The summed E-state index contributed by atoms with van der Waals surface area (Å²) in [7, 11) is -4.25.